The van der Waals surface area contributed by atoms with E-state index < -0.39 is 0 Å². The van der Waals surface area contributed by atoms with Gasteiger partial charge in [0.1, 0.15) is 11.7 Å². The Balaban J connectivity index is 2.60. The topological polar surface area (TPSA) is 24.4 Å². The number of amidine groups is 1. The van der Waals surface area contributed by atoms with Crippen LogP contribution in [0.2, 0.25) is 0 Å². The van der Waals surface area contributed by atoms with Gasteiger partial charge in [0.2, 0.25) is 0 Å². The minimum atomic E-state index is -0.245. The molecule has 0 atom stereocenters. The highest BCUT2D eigenvalue weighted by Gasteiger charge is 2.18. The van der Waals surface area contributed by atoms with Crippen LogP contribution in [0.15, 0.2) is 23.7 Å². The highest BCUT2D eigenvalue weighted by atomic mass is 19.1. The lowest BCUT2D eigenvalue weighted by atomic mass is 10.0. The summed E-state index contributed by atoms with van der Waals surface area (Å²) in [5.41, 5.74) is 2.75. The van der Waals surface area contributed by atoms with Crippen LogP contribution in [-0.4, -0.2) is 5.84 Å². The van der Waals surface area contributed by atoms with Gasteiger partial charge in [0, 0.05) is 12.1 Å². The van der Waals surface area contributed by atoms with Crippen LogP contribution in [0.3, 0.4) is 0 Å². The third-order valence-corrected chi connectivity index (χ3v) is 2.72. The first-order valence-electron chi connectivity index (χ1n) is 5.52. The maximum absolute atomic E-state index is 13.8. The summed E-state index contributed by atoms with van der Waals surface area (Å²) in [5, 5.41) is 3.02. The van der Waals surface area contributed by atoms with Crippen LogP contribution in [0.1, 0.15) is 31.4 Å². The van der Waals surface area contributed by atoms with Crippen molar-refractivity contribution in [3.63, 3.8) is 0 Å². The zero-order valence-corrected chi connectivity index (χ0v) is 9.60. The fourth-order valence-corrected chi connectivity index (χ4v) is 1.82. The van der Waals surface area contributed by atoms with E-state index in [0.717, 1.165) is 24.2 Å². The summed E-state index contributed by atoms with van der Waals surface area (Å²) in [6, 6.07) is 3.48. The van der Waals surface area contributed by atoms with Gasteiger partial charge < -0.3 is 5.32 Å². The molecule has 1 aliphatic heterocycles. The van der Waals surface area contributed by atoms with Gasteiger partial charge in [-0.3, -0.25) is 0 Å². The zero-order chi connectivity index (χ0) is 11.7. The average Bonchev–Trinajstić information content (AvgIpc) is 2.27. The Kier molecular flexibility index (Phi) is 2.77. The van der Waals surface area contributed by atoms with Crippen molar-refractivity contribution in [3.05, 3.63) is 35.7 Å². The van der Waals surface area contributed by atoms with Crippen molar-refractivity contribution in [1.82, 2.24) is 5.32 Å². The average molecular weight is 218 g/mol. The molecule has 0 unspecified atom stereocenters. The molecule has 0 radical (unpaired) electrons. The van der Waals surface area contributed by atoms with Gasteiger partial charge >= 0.3 is 0 Å². The molecule has 0 saturated carbocycles. The van der Waals surface area contributed by atoms with Crippen LogP contribution in [0.5, 0.6) is 0 Å². The quantitative estimate of drug-likeness (QED) is 0.808. The van der Waals surface area contributed by atoms with Gasteiger partial charge in [-0.15, -0.1) is 0 Å². The summed E-state index contributed by atoms with van der Waals surface area (Å²) in [5.74, 6) is 0.593. The second-order valence-corrected chi connectivity index (χ2v) is 3.84. The minimum Gasteiger partial charge on any atom is -0.344 e. The SMILES string of the molecule is C=C1NC(CC)=Nc2cc(CC)cc(F)c21. The van der Waals surface area contributed by atoms with E-state index in [-0.39, 0.29) is 5.82 Å². The first kappa shape index (κ1) is 10.9. The molecule has 1 aromatic rings. The van der Waals surface area contributed by atoms with Gasteiger partial charge in [0.05, 0.1) is 11.3 Å². The minimum absolute atomic E-state index is 0.245. The molecule has 16 heavy (non-hydrogen) atoms. The van der Waals surface area contributed by atoms with E-state index in [0.29, 0.717) is 16.9 Å². The van der Waals surface area contributed by atoms with Crippen molar-refractivity contribution >= 4 is 17.2 Å². The first-order valence-corrected chi connectivity index (χ1v) is 5.52. The van der Waals surface area contributed by atoms with Crippen molar-refractivity contribution < 1.29 is 4.39 Å². The van der Waals surface area contributed by atoms with Gasteiger partial charge in [-0.25, -0.2) is 9.38 Å². The second-order valence-electron chi connectivity index (χ2n) is 3.84. The number of halogens is 1. The number of hydrogen-bond donors (Lipinski definition) is 1. The lowest BCUT2D eigenvalue weighted by Gasteiger charge is -2.20. The van der Waals surface area contributed by atoms with Gasteiger partial charge in [-0.05, 0) is 24.1 Å². The Morgan fingerprint density at radius 3 is 2.69 bits per heavy atom. The molecule has 1 N–H and O–H groups in total. The molecule has 0 amide bonds. The number of aryl methyl sites for hydroxylation is 1. The molecule has 1 aliphatic rings. The van der Waals surface area contributed by atoms with Crippen molar-refractivity contribution in [1.29, 1.82) is 0 Å². The summed E-state index contributed by atoms with van der Waals surface area (Å²) in [6.07, 6.45) is 1.59. The maximum atomic E-state index is 13.8. The molecular weight excluding hydrogens is 203 g/mol. The van der Waals surface area contributed by atoms with Gasteiger partial charge in [-0.1, -0.05) is 20.4 Å². The number of fused-ring (bicyclic) bond motifs is 1. The van der Waals surface area contributed by atoms with Crippen molar-refractivity contribution in [3.8, 4) is 0 Å². The molecule has 0 aromatic heterocycles. The summed E-state index contributed by atoms with van der Waals surface area (Å²) in [7, 11) is 0. The van der Waals surface area contributed by atoms with Gasteiger partial charge in [0.25, 0.3) is 0 Å². The predicted octanol–water partition coefficient (Wildman–Crippen LogP) is 3.40. The molecule has 0 spiro atoms. The Hall–Kier alpha value is -1.64. The molecule has 2 nitrogen and oxygen atoms in total. The summed E-state index contributed by atoms with van der Waals surface area (Å²) >= 11 is 0. The van der Waals surface area contributed by atoms with Crippen LogP contribution in [-0.2, 0) is 6.42 Å². The molecule has 1 heterocycles. The molecule has 3 heteroatoms. The van der Waals surface area contributed by atoms with E-state index in [2.05, 4.69) is 16.9 Å². The van der Waals surface area contributed by atoms with E-state index in [1.165, 1.54) is 0 Å². The van der Waals surface area contributed by atoms with E-state index in [1.54, 1.807) is 6.07 Å². The summed E-state index contributed by atoms with van der Waals surface area (Å²) in [4.78, 5) is 4.39. The van der Waals surface area contributed by atoms with Crippen molar-refractivity contribution in [2.75, 3.05) is 0 Å². The Labute approximate surface area is 94.9 Å². The summed E-state index contributed by atoms with van der Waals surface area (Å²) < 4.78 is 13.8. The molecule has 0 saturated heterocycles. The molecular formula is C13H15FN2. The van der Waals surface area contributed by atoms with Crippen LogP contribution < -0.4 is 5.32 Å². The predicted molar refractivity (Wildman–Crippen MR) is 65.3 cm³/mol. The van der Waals surface area contributed by atoms with Crippen LogP contribution in [0.25, 0.3) is 5.70 Å². The highest BCUT2D eigenvalue weighted by molar-refractivity contribution is 5.97. The Bertz CT molecular complexity index is 475. The standard InChI is InChI=1S/C13H15FN2/c1-4-9-6-10(14)13-8(3)15-12(5-2)16-11(13)7-9/h6-7H,3-5H2,1-2H3,(H,15,16). The Morgan fingerprint density at radius 1 is 1.31 bits per heavy atom. The number of hydrogen-bond acceptors (Lipinski definition) is 2. The molecule has 0 fully saturated rings. The summed E-state index contributed by atoms with van der Waals surface area (Å²) in [6.45, 7) is 7.84. The monoisotopic (exact) mass is 218 g/mol. The number of rotatable bonds is 2. The fourth-order valence-electron chi connectivity index (χ4n) is 1.82. The van der Waals surface area contributed by atoms with Gasteiger partial charge in [0.15, 0.2) is 0 Å². The van der Waals surface area contributed by atoms with Gasteiger partial charge in [-0.2, -0.15) is 0 Å². The lowest BCUT2D eigenvalue weighted by Crippen LogP contribution is -2.24. The van der Waals surface area contributed by atoms with Crippen molar-refractivity contribution in [2.45, 2.75) is 26.7 Å². The number of nitrogens with zero attached hydrogens (tertiary/aromatic N) is 1. The smallest absolute Gasteiger partial charge is 0.134 e. The third-order valence-electron chi connectivity index (χ3n) is 2.72. The second kappa shape index (κ2) is 4.08. The van der Waals surface area contributed by atoms with Crippen molar-refractivity contribution in [2.24, 2.45) is 4.99 Å². The zero-order valence-electron chi connectivity index (χ0n) is 9.60. The molecule has 2 rings (SSSR count). The van der Waals surface area contributed by atoms with Crippen LogP contribution >= 0.6 is 0 Å². The largest absolute Gasteiger partial charge is 0.344 e. The third kappa shape index (κ3) is 1.73. The van der Waals surface area contributed by atoms with E-state index >= 15 is 0 Å². The normalized spacial score (nSPS) is 14.2. The molecule has 0 bridgehead atoms. The number of benzene rings is 1. The first-order chi connectivity index (χ1) is 7.65. The maximum Gasteiger partial charge on any atom is 0.134 e. The number of nitrogens with one attached hydrogen (secondary N) is 1. The van der Waals surface area contributed by atoms with E-state index in [4.69, 9.17) is 0 Å². The van der Waals surface area contributed by atoms with E-state index in [9.17, 15) is 4.39 Å². The molecule has 0 aliphatic carbocycles. The van der Waals surface area contributed by atoms with Crippen LogP contribution in [0, 0.1) is 5.82 Å². The van der Waals surface area contributed by atoms with Crippen LogP contribution in [0.4, 0.5) is 10.1 Å². The highest BCUT2D eigenvalue weighted by Crippen LogP contribution is 2.32. The molecule has 1 aromatic carbocycles. The van der Waals surface area contributed by atoms with E-state index in [1.807, 2.05) is 19.9 Å². The Morgan fingerprint density at radius 2 is 2.06 bits per heavy atom. The number of aliphatic imine (C=N–C) groups is 1. The fraction of sp³-hybridized carbons (Fsp3) is 0.308. The molecule has 84 valence electrons. The lowest BCUT2D eigenvalue weighted by molar-refractivity contribution is 0.621.